The van der Waals surface area contributed by atoms with Gasteiger partial charge in [0.25, 0.3) is 11.8 Å². The van der Waals surface area contributed by atoms with Gasteiger partial charge in [0.1, 0.15) is 5.57 Å². The van der Waals surface area contributed by atoms with E-state index in [2.05, 4.69) is 39.0 Å². The molecule has 2 fully saturated rings. The zero-order chi connectivity index (χ0) is 25.4. The average Bonchev–Trinajstić information content (AvgIpc) is 3.15. The van der Waals surface area contributed by atoms with Gasteiger partial charge in [-0.3, -0.25) is 14.9 Å². The number of imide groups is 2. The lowest BCUT2D eigenvalue weighted by Crippen LogP contribution is -2.54. The molecule has 4 amide bonds. The van der Waals surface area contributed by atoms with Crippen LogP contribution in [0.2, 0.25) is 0 Å². The van der Waals surface area contributed by atoms with Gasteiger partial charge in [-0.05, 0) is 80.4 Å². The van der Waals surface area contributed by atoms with Crippen LogP contribution in [0.3, 0.4) is 0 Å². The van der Waals surface area contributed by atoms with E-state index in [4.69, 9.17) is 4.74 Å². The number of benzene rings is 2. The molecular weight excluding hydrogens is 456 g/mol. The predicted molar refractivity (Wildman–Crippen MR) is 138 cm³/mol. The van der Waals surface area contributed by atoms with Crippen molar-refractivity contribution in [1.29, 1.82) is 0 Å². The summed E-state index contributed by atoms with van der Waals surface area (Å²) in [4.78, 5) is 41.7. The Kier molecular flexibility index (Phi) is 6.20. The van der Waals surface area contributed by atoms with Crippen molar-refractivity contribution in [2.24, 2.45) is 0 Å². The number of ether oxygens (including phenoxy) is 1. The van der Waals surface area contributed by atoms with Crippen molar-refractivity contribution < 1.29 is 19.1 Å². The molecule has 3 aromatic rings. The van der Waals surface area contributed by atoms with E-state index in [1.807, 2.05) is 32.9 Å². The summed E-state index contributed by atoms with van der Waals surface area (Å²) in [5.74, 6) is -1.34. The highest BCUT2D eigenvalue weighted by Gasteiger charge is 2.37. The topological polar surface area (TPSA) is 83.9 Å². The Morgan fingerprint density at radius 2 is 1.56 bits per heavy atom. The Hall–Kier alpha value is -4.17. The van der Waals surface area contributed by atoms with Crippen molar-refractivity contribution in [3.63, 3.8) is 0 Å². The molecule has 36 heavy (non-hydrogen) atoms. The Balaban J connectivity index is 1.46. The monoisotopic (exact) mass is 484 g/mol. The molecule has 0 bridgehead atoms. The fourth-order valence-electron chi connectivity index (χ4n) is 4.78. The number of carbonyl (C=O) groups excluding carboxylic acids is 3. The molecule has 0 spiro atoms. The van der Waals surface area contributed by atoms with Crippen molar-refractivity contribution >= 4 is 35.3 Å². The number of amides is 4. The Bertz CT molecular complexity index is 1380. The lowest BCUT2D eigenvalue weighted by Gasteiger charge is -2.29. The summed E-state index contributed by atoms with van der Waals surface area (Å²) in [5, 5.41) is 2.30. The number of nitrogens with one attached hydrogen (secondary N) is 1. The maximum atomic E-state index is 13.3. The first-order chi connectivity index (χ1) is 17.3. The van der Waals surface area contributed by atoms with Gasteiger partial charge in [0, 0.05) is 35.9 Å². The molecule has 0 atom stereocenters. The summed E-state index contributed by atoms with van der Waals surface area (Å²) in [6, 6.07) is 16.6. The van der Waals surface area contributed by atoms with Gasteiger partial charge in [-0.2, -0.15) is 0 Å². The largest absolute Gasteiger partial charge is 0.378 e. The molecule has 0 aliphatic carbocycles. The number of barbiturate groups is 1. The minimum absolute atomic E-state index is 0.0842. The molecule has 2 saturated heterocycles. The first-order valence-corrected chi connectivity index (χ1v) is 11.9. The van der Waals surface area contributed by atoms with E-state index in [1.54, 1.807) is 24.3 Å². The number of hydrogen-bond donors (Lipinski definition) is 1. The minimum atomic E-state index is -0.751. The molecule has 2 aliphatic rings. The van der Waals surface area contributed by atoms with E-state index in [-0.39, 0.29) is 5.57 Å². The highest BCUT2D eigenvalue weighted by molar-refractivity contribution is 6.39. The standard InChI is InChI=1S/C28H28N4O4/c1-18-5-4-6-24(15-18)32-27(34)25(26(33)29-28(32)35)17-21-16-19(2)31(20(21)3)23-9-7-22(8-10-23)30-11-13-36-14-12-30/h4-10,15-17H,11-14H2,1-3H3,(H,29,33,35). The number of rotatable bonds is 4. The zero-order valence-electron chi connectivity index (χ0n) is 20.6. The van der Waals surface area contributed by atoms with Crippen LogP contribution in [0.4, 0.5) is 16.2 Å². The number of urea groups is 1. The molecule has 184 valence electrons. The van der Waals surface area contributed by atoms with Gasteiger partial charge >= 0.3 is 6.03 Å². The molecule has 0 radical (unpaired) electrons. The lowest BCUT2D eigenvalue weighted by molar-refractivity contribution is -0.122. The van der Waals surface area contributed by atoms with Crippen LogP contribution < -0.4 is 15.1 Å². The number of anilines is 2. The smallest absolute Gasteiger partial charge is 0.335 e. The van der Waals surface area contributed by atoms with Crippen molar-refractivity contribution in [3.8, 4) is 5.69 Å². The van der Waals surface area contributed by atoms with Crippen LogP contribution >= 0.6 is 0 Å². The average molecular weight is 485 g/mol. The fraction of sp³-hybridized carbons (Fsp3) is 0.250. The molecular formula is C28H28N4O4. The number of morpholine rings is 1. The quantitative estimate of drug-likeness (QED) is 0.449. The normalized spacial score (nSPS) is 17.6. The first-order valence-electron chi connectivity index (χ1n) is 11.9. The van der Waals surface area contributed by atoms with Crippen LogP contribution in [0.1, 0.15) is 22.5 Å². The van der Waals surface area contributed by atoms with E-state index < -0.39 is 17.8 Å². The number of aryl methyl sites for hydroxylation is 2. The molecule has 1 N–H and O–H groups in total. The number of carbonyl (C=O) groups is 3. The maximum absolute atomic E-state index is 13.3. The van der Waals surface area contributed by atoms with E-state index in [9.17, 15) is 14.4 Å². The van der Waals surface area contributed by atoms with Gasteiger partial charge < -0.3 is 14.2 Å². The Labute approximate surface area is 209 Å². The summed E-state index contributed by atoms with van der Waals surface area (Å²) in [7, 11) is 0. The third-order valence-corrected chi connectivity index (χ3v) is 6.62. The minimum Gasteiger partial charge on any atom is -0.378 e. The van der Waals surface area contributed by atoms with Gasteiger partial charge in [-0.25, -0.2) is 9.69 Å². The number of aromatic nitrogens is 1. The molecule has 8 heteroatoms. The molecule has 5 rings (SSSR count). The molecule has 0 unspecified atom stereocenters. The van der Waals surface area contributed by atoms with Crippen molar-refractivity contribution in [3.05, 3.63) is 82.7 Å². The van der Waals surface area contributed by atoms with E-state index in [1.165, 1.54) is 0 Å². The second-order valence-corrected chi connectivity index (χ2v) is 9.07. The van der Waals surface area contributed by atoms with E-state index in [0.717, 1.165) is 65.1 Å². The molecule has 0 saturated carbocycles. The van der Waals surface area contributed by atoms with Crippen molar-refractivity contribution in [2.45, 2.75) is 20.8 Å². The number of nitrogens with zero attached hydrogens (tertiary/aromatic N) is 3. The molecule has 2 aliphatic heterocycles. The highest BCUT2D eigenvalue weighted by atomic mass is 16.5. The highest BCUT2D eigenvalue weighted by Crippen LogP contribution is 2.27. The third-order valence-electron chi connectivity index (χ3n) is 6.62. The van der Waals surface area contributed by atoms with Gasteiger partial charge in [0.05, 0.1) is 18.9 Å². The van der Waals surface area contributed by atoms with Gasteiger partial charge in [0.2, 0.25) is 0 Å². The second-order valence-electron chi connectivity index (χ2n) is 9.07. The van der Waals surface area contributed by atoms with Crippen LogP contribution in [-0.4, -0.2) is 48.7 Å². The summed E-state index contributed by atoms with van der Waals surface area (Å²) in [5.41, 5.74) is 5.97. The maximum Gasteiger partial charge on any atom is 0.335 e. The molecule has 8 nitrogen and oxygen atoms in total. The van der Waals surface area contributed by atoms with E-state index in [0.29, 0.717) is 5.69 Å². The van der Waals surface area contributed by atoms with Gasteiger partial charge in [-0.1, -0.05) is 12.1 Å². The van der Waals surface area contributed by atoms with Crippen LogP contribution in [0.5, 0.6) is 0 Å². The number of hydrogen-bond acceptors (Lipinski definition) is 5. The second kappa shape index (κ2) is 9.47. The fourth-order valence-corrected chi connectivity index (χ4v) is 4.78. The zero-order valence-corrected chi connectivity index (χ0v) is 20.6. The van der Waals surface area contributed by atoms with Gasteiger partial charge in [0.15, 0.2) is 0 Å². The molecule has 1 aromatic heterocycles. The van der Waals surface area contributed by atoms with Crippen LogP contribution in [0.25, 0.3) is 11.8 Å². The van der Waals surface area contributed by atoms with Crippen LogP contribution in [0, 0.1) is 20.8 Å². The molecule has 3 heterocycles. The summed E-state index contributed by atoms with van der Waals surface area (Å²) in [6.45, 7) is 9.01. The van der Waals surface area contributed by atoms with Gasteiger partial charge in [-0.15, -0.1) is 0 Å². The SMILES string of the molecule is Cc1cccc(N2C(=O)NC(=O)C(=Cc3cc(C)n(-c4ccc(N5CCOCC5)cc4)c3C)C2=O)c1. The Morgan fingerprint density at radius 3 is 2.25 bits per heavy atom. The lowest BCUT2D eigenvalue weighted by atomic mass is 10.1. The molecule has 2 aromatic carbocycles. The van der Waals surface area contributed by atoms with Crippen LogP contribution in [0.15, 0.2) is 60.2 Å². The van der Waals surface area contributed by atoms with Crippen molar-refractivity contribution in [2.75, 3.05) is 36.1 Å². The Morgan fingerprint density at radius 1 is 0.861 bits per heavy atom. The van der Waals surface area contributed by atoms with Crippen LogP contribution in [-0.2, 0) is 14.3 Å². The van der Waals surface area contributed by atoms with E-state index >= 15 is 0 Å². The third kappa shape index (κ3) is 4.31. The summed E-state index contributed by atoms with van der Waals surface area (Å²) in [6.07, 6.45) is 1.56. The summed E-state index contributed by atoms with van der Waals surface area (Å²) < 4.78 is 7.53. The summed E-state index contributed by atoms with van der Waals surface area (Å²) >= 11 is 0. The first kappa shape index (κ1) is 23.6. The van der Waals surface area contributed by atoms with Crippen molar-refractivity contribution in [1.82, 2.24) is 9.88 Å². The predicted octanol–water partition coefficient (Wildman–Crippen LogP) is 3.91.